The van der Waals surface area contributed by atoms with Gasteiger partial charge in [-0.1, -0.05) is 0 Å². The second-order valence-electron chi connectivity index (χ2n) is 8.31. The highest BCUT2D eigenvalue weighted by Gasteiger charge is 2.45. The maximum absolute atomic E-state index is 13.9. The summed E-state index contributed by atoms with van der Waals surface area (Å²) < 4.78 is 99.9. The minimum atomic E-state index is -5.08. The molecular weight excluding hydrogens is 570 g/mol. The average molecular weight is 589 g/mol. The number of carbonyl (C=O) groups is 2. The molecule has 1 amide bonds. The lowest BCUT2D eigenvalue weighted by Crippen LogP contribution is -2.55. The second kappa shape index (κ2) is 10.9. The highest BCUT2D eigenvalue weighted by Crippen LogP contribution is 2.35. The Hall–Kier alpha value is -3.61. The maximum atomic E-state index is 13.9. The van der Waals surface area contributed by atoms with E-state index < -0.39 is 53.6 Å². The minimum absolute atomic E-state index is 0.00333. The van der Waals surface area contributed by atoms with Gasteiger partial charge in [-0.05, 0) is 12.8 Å². The van der Waals surface area contributed by atoms with E-state index in [9.17, 15) is 39.9 Å². The number of fused-ring (bicyclic) bond motifs is 1. The van der Waals surface area contributed by atoms with E-state index in [-0.39, 0.29) is 29.7 Å². The Bertz CT molecular complexity index is 1360. The van der Waals surface area contributed by atoms with Gasteiger partial charge < -0.3 is 21.5 Å². The molecule has 3 aromatic heterocycles. The van der Waals surface area contributed by atoms with E-state index in [1.165, 1.54) is 18.6 Å². The van der Waals surface area contributed by atoms with Gasteiger partial charge in [0.15, 0.2) is 5.69 Å². The van der Waals surface area contributed by atoms with Crippen LogP contribution in [0.2, 0.25) is 0 Å². The monoisotopic (exact) mass is 589 g/mol. The normalized spacial score (nSPS) is 19.2. The first-order valence-electron chi connectivity index (χ1n) is 10.8. The first-order chi connectivity index (χ1) is 17.9. The van der Waals surface area contributed by atoms with Crippen molar-refractivity contribution in [3.63, 3.8) is 0 Å². The zero-order chi connectivity index (χ0) is 29.3. The van der Waals surface area contributed by atoms with Crippen LogP contribution in [0, 0.1) is 0 Å². The third-order valence-electron chi connectivity index (χ3n) is 5.39. The van der Waals surface area contributed by atoms with Crippen LogP contribution in [0.5, 0.6) is 0 Å². The van der Waals surface area contributed by atoms with E-state index in [0.717, 1.165) is 22.2 Å². The summed E-state index contributed by atoms with van der Waals surface area (Å²) in [5.74, 6) is -6.46. The first-order valence-corrected chi connectivity index (χ1v) is 11.6. The van der Waals surface area contributed by atoms with Gasteiger partial charge in [-0.2, -0.15) is 31.4 Å². The number of hydrogen-bond acceptors (Lipinski definition) is 8. The molecule has 10 nitrogen and oxygen atoms in total. The van der Waals surface area contributed by atoms with Gasteiger partial charge in [0.25, 0.3) is 11.8 Å². The molecule has 1 fully saturated rings. The number of alkyl halides is 8. The van der Waals surface area contributed by atoms with Crippen LogP contribution in [-0.2, 0) is 18.0 Å². The number of thiophene rings is 1. The number of amides is 1. The molecule has 0 unspecified atom stereocenters. The summed E-state index contributed by atoms with van der Waals surface area (Å²) in [6, 6.07) is -2.16. The summed E-state index contributed by atoms with van der Waals surface area (Å²) in [6.45, 7) is 0. The zero-order valence-corrected chi connectivity index (χ0v) is 20.4. The molecule has 214 valence electrons. The molecule has 0 saturated heterocycles. The predicted molar refractivity (Wildman–Crippen MR) is 121 cm³/mol. The molecule has 0 aliphatic heterocycles. The summed E-state index contributed by atoms with van der Waals surface area (Å²) in [4.78, 5) is 30.4. The number of rotatable bonds is 4. The number of nitrogens with one attached hydrogen (secondary N) is 2. The Kier molecular flexibility index (Phi) is 8.34. The molecule has 3 aromatic rings. The van der Waals surface area contributed by atoms with Gasteiger partial charge >= 0.3 is 18.3 Å². The largest absolute Gasteiger partial charge is 0.490 e. The van der Waals surface area contributed by atoms with Gasteiger partial charge in [-0.25, -0.2) is 23.5 Å². The number of halogens is 8. The fraction of sp³-hybridized carbons (Fsp3) is 0.450. The Morgan fingerprint density at radius 3 is 2.46 bits per heavy atom. The van der Waals surface area contributed by atoms with E-state index in [0.29, 0.717) is 11.3 Å². The zero-order valence-electron chi connectivity index (χ0n) is 19.6. The molecule has 0 aromatic carbocycles. The van der Waals surface area contributed by atoms with Crippen molar-refractivity contribution in [2.24, 2.45) is 12.8 Å². The highest BCUT2D eigenvalue weighted by atomic mass is 32.1. The third kappa shape index (κ3) is 7.08. The molecule has 0 bridgehead atoms. The number of aryl methyl sites for hydroxylation is 1. The number of aromatic nitrogens is 4. The molecule has 0 radical (unpaired) electrons. The van der Waals surface area contributed by atoms with E-state index >= 15 is 0 Å². The van der Waals surface area contributed by atoms with Crippen LogP contribution in [0.15, 0.2) is 17.8 Å². The lowest BCUT2D eigenvalue weighted by Gasteiger charge is -2.36. The summed E-state index contributed by atoms with van der Waals surface area (Å²) in [6.07, 6.45) is -7.05. The molecule has 39 heavy (non-hydrogen) atoms. The van der Waals surface area contributed by atoms with Gasteiger partial charge in [0, 0.05) is 31.1 Å². The van der Waals surface area contributed by atoms with Crippen molar-refractivity contribution >= 4 is 45.1 Å². The highest BCUT2D eigenvalue weighted by molar-refractivity contribution is 7.17. The van der Waals surface area contributed by atoms with Crippen molar-refractivity contribution in [3.05, 3.63) is 29.0 Å². The van der Waals surface area contributed by atoms with E-state index in [2.05, 4.69) is 25.7 Å². The van der Waals surface area contributed by atoms with Gasteiger partial charge in [0.2, 0.25) is 0 Å². The molecule has 3 heterocycles. The number of carboxylic acid groups (broad SMARTS) is 1. The van der Waals surface area contributed by atoms with Crippen molar-refractivity contribution in [2.75, 3.05) is 10.6 Å². The van der Waals surface area contributed by atoms with Gasteiger partial charge in [0.1, 0.15) is 16.2 Å². The Morgan fingerprint density at radius 1 is 1.23 bits per heavy atom. The molecule has 5 N–H and O–H groups in total. The number of nitrogens with two attached hydrogens (primary N) is 1. The Labute approximate surface area is 217 Å². The van der Waals surface area contributed by atoms with Crippen LogP contribution in [0.25, 0.3) is 10.3 Å². The van der Waals surface area contributed by atoms with Crippen LogP contribution >= 0.6 is 11.3 Å². The molecular formula is C20H19F8N7O3S. The fourth-order valence-corrected chi connectivity index (χ4v) is 4.40. The van der Waals surface area contributed by atoms with E-state index in [1.807, 2.05) is 0 Å². The maximum Gasteiger partial charge on any atom is 0.490 e. The topological polar surface area (TPSA) is 148 Å². The fourth-order valence-electron chi connectivity index (χ4n) is 3.57. The first kappa shape index (κ1) is 29.9. The molecule has 1 aliphatic rings. The van der Waals surface area contributed by atoms with Crippen molar-refractivity contribution < 1.29 is 49.8 Å². The van der Waals surface area contributed by atoms with Gasteiger partial charge in [-0.3, -0.25) is 9.48 Å². The van der Waals surface area contributed by atoms with Crippen LogP contribution in [0.3, 0.4) is 0 Å². The summed E-state index contributed by atoms with van der Waals surface area (Å²) >= 11 is 1.07. The standard InChI is InChI=1S/C18H18F5N7OS.C2HF3O2/c1-30-6-10(14(29-30)18(21,22)23)27-15(31)8-7-32-16-12(8)28-11(5-25-16)26-9-3-2-4-17(19,20)13(9)24;3-2(4,5)1(6)7/h5-7,9,13H,2-4,24H2,1H3,(H,26,28)(H,27,31);(H,6,7)/t9-,13-;/m1./s1. The molecule has 0 spiro atoms. The minimum Gasteiger partial charge on any atom is -0.475 e. The van der Waals surface area contributed by atoms with Crippen LogP contribution < -0.4 is 16.4 Å². The van der Waals surface area contributed by atoms with Gasteiger partial charge in [0.05, 0.1) is 23.5 Å². The van der Waals surface area contributed by atoms with E-state index in [1.54, 1.807) is 0 Å². The van der Waals surface area contributed by atoms with E-state index in [4.69, 9.17) is 15.6 Å². The molecule has 1 aliphatic carbocycles. The van der Waals surface area contributed by atoms with Crippen molar-refractivity contribution in [2.45, 2.75) is 49.6 Å². The number of anilines is 2. The molecule has 4 rings (SSSR count). The predicted octanol–water partition coefficient (Wildman–Crippen LogP) is 4.26. The average Bonchev–Trinajstić information content (AvgIpc) is 3.39. The SMILES string of the molecule is Cn1cc(NC(=O)c2csc3ncc(N[C@@H]4CCCC(F)(F)[C@@H]4N)nc23)c(C(F)(F)F)n1.O=C(O)C(F)(F)F. The third-order valence-corrected chi connectivity index (χ3v) is 6.27. The van der Waals surface area contributed by atoms with Crippen molar-refractivity contribution in [1.29, 1.82) is 0 Å². The van der Waals surface area contributed by atoms with Crippen molar-refractivity contribution in [1.82, 2.24) is 19.7 Å². The Morgan fingerprint density at radius 2 is 1.87 bits per heavy atom. The second-order valence-corrected chi connectivity index (χ2v) is 9.17. The number of hydrogen-bond donors (Lipinski definition) is 4. The summed E-state index contributed by atoms with van der Waals surface area (Å²) in [5, 5.41) is 16.9. The molecule has 2 atom stereocenters. The Balaban J connectivity index is 0.000000532. The van der Waals surface area contributed by atoms with Crippen LogP contribution in [-0.4, -0.2) is 60.9 Å². The van der Waals surface area contributed by atoms with Crippen LogP contribution in [0.1, 0.15) is 35.3 Å². The number of carboxylic acids is 1. The van der Waals surface area contributed by atoms with Crippen molar-refractivity contribution in [3.8, 4) is 0 Å². The lowest BCUT2D eigenvalue weighted by molar-refractivity contribution is -0.192. The van der Waals surface area contributed by atoms with Gasteiger partial charge in [-0.15, -0.1) is 11.3 Å². The smallest absolute Gasteiger partial charge is 0.475 e. The lowest BCUT2D eigenvalue weighted by atomic mass is 9.87. The number of nitrogens with zero attached hydrogens (tertiary/aromatic N) is 4. The number of aliphatic carboxylic acids is 1. The molecule has 19 heteroatoms. The quantitative estimate of drug-likeness (QED) is 0.330. The van der Waals surface area contributed by atoms with Crippen LogP contribution in [0.4, 0.5) is 46.6 Å². The summed E-state index contributed by atoms with van der Waals surface area (Å²) in [5.41, 5.74) is 4.09. The number of carbonyl (C=O) groups excluding carboxylic acids is 1. The molecule has 1 saturated carbocycles. The summed E-state index contributed by atoms with van der Waals surface area (Å²) in [7, 11) is 1.30.